The number of phosphoric ester groups is 1. The maximum absolute atomic E-state index is 12.7. The summed E-state index contributed by atoms with van der Waals surface area (Å²) in [6.07, 6.45) is 38.0. The van der Waals surface area contributed by atoms with Gasteiger partial charge in [-0.15, -0.1) is 0 Å². The Hall–Kier alpha value is -1.25. The minimum Gasteiger partial charge on any atom is -0.756 e. The third kappa shape index (κ3) is 40.4. The largest absolute Gasteiger partial charge is 0.756 e. The lowest BCUT2D eigenvalue weighted by Gasteiger charge is -2.28. The van der Waals surface area contributed by atoms with Crippen LogP contribution in [-0.4, -0.2) is 70.0 Å². The molecular formula is C44H86NO8P. The number of nitrogens with zero attached hydrogens (tertiary/aromatic N) is 1. The molecule has 0 amide bonds. The molecule has 0 N–H and O–H groups in total. The summed E-state index contributed by atoms with van der Waals surface area (Å²) in [5.74, 6) is -0.830. The SMILES string of the molecule is CCCCCC/C=C\CCCCCCCCCC(=O)O[C@H](COC(=O)CCCCCCCCCCCCCCCCC)COP(=O)([O-])OCC[N+](C)(C)C. The molecule has 0 aromatic carbocycles. The van der Waals surface area contributed by atoms with Crippen molar-refractivity contribution in [2.75, 3.05) is 47.5 Å². The van der Waals surface area contributed by atoms with Gasteiger partial charge in [-0.1, -0.05) is 167 Å². The number of hydrogen-bond donors (Lipinski definition) is 0. The van der Waals surface area contributed by atoms with Crippen molar-refractivity contribution < 1.29 is 42.1 Å². The zero-order valence-electron chi connectivity index (χ0n) is 35.9. The van der Waals surface area contributed by atoms with Crippen LogP contribution in [0.1, 0.15) is 206 Å². The molecule has 0 aliphatic rings. The molecule has 2 atom stereocenters. The normalized spacial score (nSPS) is 13.7. The summed E-state index contributed by atoms with van der Waals surface area (Å²) in [7, 11) is 1.17. The van der Waals surface area contributed by atoms with Crippen molar-refractivity contribution >= 4 is 19.8 Å². The van der Waals surface area contributed by atoms with Gasteiger partial charge in [0.05, 0.1) is 27.7 Å². The number of esters is 2. The molecule has 0 radical (unpaired) electrons. The van der Waals surface area contributed by atoms with Crippen LogP contribution in [0.25, 0.3) is 0 Å². The Morgan fingerprint density at radius 1 is 0.556 bits per heavy atom. The fraction of sp³-hybridized carbons (Fsp3) is 0.909. The molecule has 0 aliphatic heterocycles. The number of quaternary nitrogens is 1. The Labute approximate surface area is 333 Å². The van der Waals surface area contributed by atoms with Gasteiger partial charge in [0.2, 0.25) is 0 Å². The standard InChI is InChI=1S/C44H86NO8P/c1-6-8-10-12-14-16-18-20-22-24-26-28-30-32-34-36-43(46)50-40-42(41-52-54(48,49)51-39-38-45(3,4)5)53-44(47)37-35-33-31-29-27-25-23-21-19-17-15-13-11-9-7-2/h17,19,42H,6-16,18,20-41H2,1-5H3/b19-17-/t42-/m1/s1. The number of allylic oxidation sites excluding steroid dienone is 2. The van der Waals surface area contributed by atoms with Crippen LogP contribution in [0.2, 0.25) is 0 Å². The predicted octanol–water partition coefficient (Wildman–Crippen LogP) is 11.9. The Morgan fingerprint density at radius 2 is 0.944 bits per heavy atom. The van der Waals surface area contributed by atoms with Crippen molar-refractivity contribution in [1.82, 2.24) is 0 Å². The molecule has 0 spiro atoms. The molecule has 0 bridgehead atoms. The zero-order chi connectivity index (χ0) is 40.0. The lowest BCUT2D eigenvalue weighted by Crippen LogP contribution is -2.37. The molecule has 0 aromatic heterocycles. The number of phosphoric acid groups is 1. The summed E-state index contributed by atoms with van der Waals surface area (Å²) >= 11 is 0. The topological polar surface area (TPSA) is 111 Å². The first-order valence-electron chi connectivity index (χ1n) is 22.4. The number of unbranched alkanes of at least 4 members (excludes halogenated alkanes) is 25. The minimum atomic E-state index is -4.62. The maximum atomic E-state index is 12.7. The Balaban J connectivity index is 4.33. The van der Waals surface area contributed by atoms with E-state index in [1.165, 1.54) is 128 Å². The highest BCUT2D eigenvalue weighted by atomic mass is 31.2. The van der Waals surface area contributed by atoms with Gasteiger partial charge < -0.3 is 27.9 Å². The fourth-order valence-corrected chi connectivity index (χ4v) is 6.97. The Morgan fingerprint density at radius 3 is 1.39 bits per heavy atom. The first-order chi connectivity index (χ1) is 26.0. The number of likely N-dealkylation sites (N-methyl/N-ethyl adjacent to an activating group) is 1. The molecule has 9 nitrogen and oxygen atoms in total. The Bertz CT molecular complexity index is 938. The van der Waals surface area contributed by atoms with E-state index in [0.717, 1.165) is 44.9 Å². The summed E-state index contributed by atoms with van der Waals surface area (Å²) in [5.41, 5.74) is 0. The van der Waals surface area contributed by atoms with Gasteiger partial charge in [0.1, 0.15) is 19.8 Å². The second-order valence-electron chi connectivity index (χ2n) is 16.4. The van der Waals surface area contributed by atoms with E-state index in [4.69, 9.17) is 18.5 Å². The molecule has 320 valence electrons. The average Bonchev–Trinajstić information content (AvgIpc) is 3.12. The number of carbonyl (C=O) groups is 2. The summed E-state index contributed by atoms with van der Waals surface area (Å²) < 4.78 is 33.9. The van der Waals surface area contributed by atoms with E-state index in [1.807, 2.05) is 21.1 Å². The quantitative estimate of drug-likeness (QED) is 0.0198. The highest BCUT2D eigenvalue weighted by Gasteiger charge is 2.21. The molecule has 0 saturated carbocycles. The van der Waals surface area contributed by atoms with E-state index in [2.05, 4.69) is 26.0 Å². The lowest BCUT2D eigenvalue weighted by atomic mass is 10.0. The molecule has 0 rings (SSSR count). The van der Waals surface area contributed by atoms with Crippen LogP contribution in [0.3, 0.4) is 0 Å². The minimum absolute atomic E-state index is 0.0286. The first-order valence-corrected chi connectivity index (χ1v) is 23.9. The molecular weight excluding hydrogens is 701 g/mol. The van der Waals surface area contributed by atoms with Crippen molar-refractivity contribution in [3.8, 4) is 0 Å². The second-order valence-corrected chi connectivity index (χ2v) is 17.8. The highest BCUT2D eigenvalue weighted by molar-refractivity contribution is 7.45. The summed E-state index contributed by atoms with van der Waals surface area (Å²) in [6.45, 7) is 4.23. The van der Waals surface area contributed by atoms with Gasteiger partial charge in [0, 0.05) is 12.8 Å². The molecule has 1 unspecified atom stereocenters. The van der Waals surface area contributed by atoms with Crippen molar-refractivity contribution in [3.05, 3.63) is 12.2 Å². The van der Waals surface area contributed by atoms with Crippen LogP contribution in [0.5, 0.6) is 0 Å². The monoisotopic (exact) mass is 788 g/mol. The molecule has 0 saturated heterocycles. The van der Waals surface area contributed by atoms with Crippen molar-refractivity contribution in [2.24, 2.45) is 0 Å². The van der Waals surface area contributed by atoms with Crippen LogP contribution in [-0.2, 0) is 32.7 Å². The van der Waals surface area contributed by atoms with Gasteiger partial charge in [0.25, 0.3) is 7.82 Å². The maximum Gasteiger partial charge on any atom is 0.306 e. The predicted molar refractivity (Wildman–Crippen MR) is 222 cm³/mol. The van der Waals surface area contributed by atoms with E-state index in [9.17, 15) is 19.0 Å². The van der Waals surface area contributed by atoms with Crippen LogP contribution in [0.4, 0.5) is 0 Å². The van der Waals surface area contributed by atoms with Gasteiger partial charge >= 0.3 is 11.9 Å². The van der Waals surface area contributed by atoms with Crippen LogP contribution in [0.15, 0.2) is 12.2 Å². The van der Waals surface area contributed by atoms with Crippen molar-refractivity contribution in [1.29, 1.82) is 0 Å². The van der Waals surface area contributed by atoms with Crippen LogP contribution >= 0.6 is 7.82 Å². The van der Waals surface area contributed by atoms with Gasteiger partial charge in [-0.2, -0.15) is 0 Å². The number of hydrogen-bond acceptors (Lipinski definition) is 8. The van der Waals surface area contributed by atoms with E-state index in [-0.39, 0.29) is 32.0 Å². The molecule has 54 heavy (non-hydrogen) atoms. The van der Waals surface area contributed by atoms with Crippen LogP contribution in [0, 0.1) is 0 Å². The molecule has 0 aromatic rings. The van der Waals surface area contributed by atoms with Gasteiger partial charge in [0.15, 0.2) is 6.10 Å². The van der Waals surface area contributed by atoms with Gasteiger partial charge in [-0.3, -0.25) is 14.2 Å². The van der Waals surface area contributed by atoms with E-state index in [1.54, 1.807) is 0 Å². The van der Waals surface area contributed by atoms with Gasteiger partial charge in [-0.25, -0.2) is 0 Å². The van der Waals surface area contributed by atoms with E-state index >= 15 is 0 Å². The lowest BCUT2D eigenvalue weighted by molar-refractivity contribution is -0.870. The molecule has 10 heteroatoms. The smallest absolute Gasteiger partial charge is 0.306 e. The van der Waals surface area contributed by atoms with Gasteiger partial charge in [-0.05, 0) is 38.5 Å². The number of rotatable bonds is 41. The van der Waals surface area contributed by atoms with Crippen molar-refractivity contribution in [2.45, 2.75) is 213 Å². The number of ether oxygens (including phenoxy) is 2. The first kappa shape index (κ1) is 52.8. The molecule has 0 fully saturated rings. The summed E-state index contributed by atoms with van der Waals surface area (Å²) in [5, 5.41) is 0. The fourth-order valence-electron chi connectivity index (χ4n) is 6.24. The Kier molecular flexibility index (Phi) is 36.5. The van der Waals surface area contributed by atoms with Crippen LogP contribution < -0.4 is 4.89 Å². The van der Waals surface area contributed by atoms with Crippen molar-refractivity contribution in [3.63, 3.8) is 0 Å². The highest BCUT2D eigenvalue weighted by Crippen LogP contribution is 2.38. The molecule has 0 heterocycles. The third-order valence-electron chi connectivity index (χ3n) is 9.79. The third-order valence-corrected chi connectivity index (χ3v) is 10.7. The average molecular weight is 788 g/mol. The van der Waals surface area contributed by atoms with E-state index < -0.39 is 26.5 Å². The van der Waals surface area contributed by atoms with E-state index in [0.29, 0.717) is 17.4 Å². The molecule has 0 aliphatic carbocycles. The summed E-state index contributed by atoms with van der Waals surface area (Å²) in [6, 6.07) is 0. The summed E-state index contributed by atoms with van der Waals surface area (Å²) in [4.78, 5) is 37.5. The second kappa shape index (κ2) is 37.3. The zero-order valence-corrected chi connectivity index (χ0v) is 36.8. The number of carbonyl (C=O) groups excluding carboxylic acids is 2.